The molecule has 0 aromatic carbocycles. The van der Waals surface area contributed by atoms with Crippen molar-refractivity contribution in [2.75, 3.05) is 0 Å². The first kappa shape index (κ1) is 6.55. The molecule has 0 saturated carbocycles. The van der Waals surface area contributed by atoms with E-state index in [9.17, 15) is 9.59 Å². The van der Waals surface area contributed by atoms with Gasteiger partial charge >= 0.3 is 11.9 Å². The van der Waals surface area contributed by atoms with Gasteiger partial charge in [0.25, 0.3) is 0 Å². The molecule has 1 aliphatic rings. The molecule has 2 atom stereocenters. The fourth-order valence-corrected chi connectivity index (χ4v) is 0.719. The van der Waals surface area contributed by atoms with Crippen molar-refractivity contribution >= 4 is 23.5 Å². The topological polar surface area (TPSA) is 43.4 Å². The quantitative estimate of drug-likeness (QED) is 0.282. The van der Waals surface area contributed by atoms with Crippen LogP contribution in [-0.4, -0.2) is 17.3 Å². The Morgan fingerprint density at radius 1 is 1.44 bits per heavy atom. The molecule has 1 saturated heterocycles. The Labute approximate surface area is 56.9 Å². The zero-order valence-corrected chi connectivity index (χ0v) is 5.51. The summed E-state index contributed by atoms with van der Waals surface area (Å²) in [5.41, 5.74) is 0. The highest BCUT2D eigenvalue weighted by Crippen LogP contribution is 2.20. The minimum atomic E-state index is -0.780. The maximum atomic E-state index is 10.5. The number of carbonyl (C=O) groups excluding carboxylic acids is 2. The predicted molar refractivity (Wildman–Crippen MR) is 29.9 cm³/mol. The number of cyclic esters (lactones) is 2. The number of esters is 2. The van der Waals surface area contributed by atoms with Crippen LogP contribution < -0.4 is 0 Å². The lowest BCUT2D eigenvalue weighted by Crippen LogP contribution is -2.13. The second-order valence-electron chi connectivity index (χ2n) is 1.93. The van der Waals surface area contributed by atoms with Gasteiger partial charge < -0.3 is 4.74 Å². The minimum Gasteiger partial charge on any atom is -0.392 e. The first-order valence-electron chi connectivity index (χ1n) is 2.52. The third-order valence-electron chi connectivity index (χ3n) is 1.24. The minimum absolute atomic E-state index is 0.487. The van der Waals surface area contributed by atoms with E-state index < -0.39 is 23.2 Å². The Morgan fingerprint density at radius 3 is 2.11 bits per heavy atom. The molecule has 0 aromatic rings. The van der Waals surface area contributed by atoms with E-state index in [-0.39, 0.29) is 0 Å². The summed E-state index contributed by atoms with van der Waals surface area (Å²) < 4.78 is 4.18. The van der Waals surface area contributed by atoms with E-state index in [0.717, 1.165) is 0 Å². The Balaban J connectivity index is 2.77. The normalized spacial score (nSPS) is 34.9. The lowest BCUT2D eigenvalue weighted by Gasteiger charge is -1.93. The average Bonchev–Trinajstić information content (AvgIpc) is 1.98. The van der Waals surface area contributed by atoms with Gasteiger partial charge in [0.2, 0.25) is 0 Å². The fourth-order valence-electron chi connectivity index (χ4n) is 0.572. The highest BCUT2D eigenvalue weighted by atomic mass is 35.5. The molecular formula is C5H5ClO3. The summed E-state index contributed by atoms with van der Waals surface area (Å²) in [6.07, 6.45) is 0. The van der Waals surface area contributed by atoms with Crippen molar-refractivity contribution in [2.45, 2.75) is 12.3 Å². The number of alkyl halides is 1. The Kier molecular flexibility index (Phi) is 1.45. The van der Waals surface area contributed by atoms with Gasteiger partial charge in [0.05, 0.1) is 5.92 Å². The van der Waals surface area contributed by atoms with E-state index in [0.29, 0.717) is 0 Å². The van der Waals surface area contributed by atoms with Crippen LogP contribution in [0.25, 0.3) is 0 Å². The van der Waals surface area contributed by atoms with Gasteiger partial charge in [0, 0.05) is 0 Å². The Hall–Kier alpha value is -0.570. The van der Waals surface area contributed by atoms with Crippen LogP contribution in [0.2, 0.25) is 0 Å². The van der Waals surface area contributed by atoms with Crippen LogP contribution in [-0.2, 0) is 14.3 Å². The highest BCUT2D eigenvalue weighted by molar-refractivity contribution is 6.33. The largest absolute Gasteiger partial charge is 0.392 e. The Morgan fingerprint density at radius 2 is 2.00 bits per heavy atom. The number of rotatable bonds is 0. The van der Waals surface area contributed by atoms with E-state index in [1.807, 2.05) is 0 Å². The van der Waals surface area contributed by atoms with Gasteiger partial charge in [-0.25, -0.2) is 4.79 Å². The van der Waals surface area contributed by atoms with Crippen LogP contribution >= 0.6 is 11.6 Å². The molecule has 1 rings (SSSR count). The lowest BCUT2D eigenvalue weighted by molar-refractivity contribution is -0.152. The molecule has 0 aromatic heterocycles. The molecule has 0 N–H and O–H groups in total. The molecule has 0 unspecified atom stereocenters. The maximum Gasteiger partial charge on any atom is 0.332 e. The zero-order chi connectivity index (χ0) is 7.02. The summed E-state index contributed by atoms with van der Waals surface area (Å²) in [6.45, 7) is 1.56. The standard InChI is InChI=1S/C5H5ClO3/c1-2-3(6)5(8)9-4(2)7/h2-3H,1H3/t2-,3-/m0/s1. The number of hydrogen-bond acceptors (Lipinski definition) is 3. The van der Waals surface area contributed by atoms with E-state index in [4.69, 9.17) is 11.6 Å². The van der Waals surface area contributed by atoms with Gasteiger partial charge in [-0.15, -0.1) is 11.6 Å². The van der Waals surface area contributed by atoms with Crippen LogP contribution in [0.5, 0.6) is 0 Å². The number of ether oxygens (including phenoxy) is 1. The molecule has 3 nitrogen and oxygen atoms in total. The van der Waals surface area contributed by atoms with Gasteiger partial charge in [-0.05, 0) is 6.92 Å². The molecule has 4 heteroatoms. The number of carbonyl (C=O) groups is 2. The summed E-state index contributed by atoms with van der Waals surface area (Å²) in [5.74, 6) is -1.65. The van der Waals surface area contributed by atoms with Gasteiger partial charge in [0.15, 0.2) is 0 Å². The molecule has 1 fully saturated rings. The summed E-state index contributed by atoms with van der Waals surface area (Å²) in [5, 5.41) is -0.780. The number of hydrogen-bond donors (Lipinski definition) is 0. The first-order chi connectivity index (χ1) is 4.13. The van der Waals surface area contributed by atoms with Crippen molar-refractivity contribution in [3.05, 3.63) is 0 Å². The molecule has 9 heavy (non-hydrogen) atoms. The van der Waals surface area contributed by atoms with E-state index in [1.165, 1.54) is 0 Å². The second-order valence-corrected chi connectivity index (χ2v) is 2.40. The van der Waals surface area contributed by atoms with Gasteiger partial charge in [-0.1, -0.05) is 0 Å². The monoisotopic (exact) mass is 148 g/mol. The molecule has 50 valence electrons. The first-order valence-corrected chi connectivity index (χ1v) is 2.96. The smallest absolute Gasteiger partial charge is 0.332 e. The van der Waals surface area contributed by atoms with Crippen LogP contribution in [0.1, 0.15) is 6.92 Å². The van der Waals surface area contributed by atoms with E-state index in [2.05, 4.69) is 4.74 Å². The van der Waals surface area contributed by atoms with Crippen LogP contribution in [0.4, 0.5) is 0 Å². The third kappa shape index (κ3) is 0.920. The zero-order valence-electron chi connectivity index (χ0n) is 4.76. The molecule has 1 aliphatic heterocycles. The molecule has 0 spiro atoms. The van der Waals surface area contributed by atoms with Crippen molar-refractivity contribution in [1.29, 1.82) is 0 Å². The molecule has 0 amide bonds. The van der Waals surface area contributed by atoms with Gasteiger partial charge in [-0.2, -0.15) is 0 Å². The third-order valence-corrected chi connectivity index (χ3v) is 1.79. The van der Waals surface area contributed by atoms with Crippen molar-refractivity contribution in [3.63, 3.8) is 0 Å². The Bertz CT molecular complexity index is 148. The van der Waals surface area contributed by atoms with E-state index in [1.54, 1.807) is 6.92 Å². The van der Waals surface area contributed by atoms with Crippen molar-refractivity contribution in [2.24, 2.45) is 5.92 Å². The average molecular weight is 149 g/mol. The lowest BCUT2D eigenvalue weighted by atomic mass is 10.1. The second kappa shape index (κ2) is 1.99. The highest BCUT2D eigenvalue weighted by Gasteiger charge is 2.39. The van der Waals surface area contributed by atoms with Crippen molar-refractivity contribution in [1.82, 2.24) is 0 Å². The van der Waals surface area contributed by atoms with Gasteiger partial charge in [0.1, 0.15) is 5.38 Å². The summed E-state index contributed by atoms with van der Waals surface area (Å²) in [6, 6.07) is 0. The molecular weight excluding hydrogens is 144 g/mol. The summed E-state index contributed by atoms with van der Waals surface area (Å²) in [7, 11) is 0. The maximum absolute atomic E-state index is 10.5. The SMILES string of the molecule is C[C@@H]1C(=O)OC(=O)[C@H]1Cl. The predicted octanol–water partition coefficient (Wildman–Crippen LogP) is 0.313. The molecule has 0 radical (unpaired) electrons. The fraction of sp³-hybridized carbons (Fsp3) is 0.600. The van der Waals surface area contributed by atoms with Gasteiger partial charge in [-0.3, -0.25) is 4.79 Å². The number of halogens is 1. The van der Waals surface area contributed by atoms with Crippen molar-refractivity contribution < 1.29 is 14.3 Å². The molecule has 0 aliphatic carbocycles. The molecule has 1 heterocycles. The van der Waals surface area contributed by atoms with E-state index >= 15 is 0 Å². The van der Waals surface area contributed by atoms with Crippen LogP contribution in [0.15, 0.2) is 0 Å². The summed E-state index contributed by atoms with van der Waals surface area (Å²) >= 11 is 5.41. The van der Waals surface area contributed by atoms with Crippen LogP contribution in [0, 0.1) is 5.92 Å². The molecule has 0 bridgehead atoms. The summed E-state index contributed by atoms with van der Waals surface area (Å²) in [4.78, 5) is 20.9. The van der Waals surface area contributed by atoms with Crippen LogP contribution in [0.3, 0.4) is 0 Å². The van der Waals surface area contributed by atoms with Crippen molar-refractivity contribution in [3.8, 4) is 0 Å².